The smallest absolute Gasteiger partial charge is 0.407 e. The topological polar surface area (TPSA) is 67.8 Å². The fraction of sp³-hybridized carbons (Fsp3) is 0.533. The average molecular weight is 279 g/mol. The molecule has 5 nitrogen and oxygen atoms in total. The quantitative estimate of drug-likeness (QED) is 0.863. The van der Waals surface area contributed by atoms with Crippen LogP contribution in [0.4, 0.5) is 4.79 Å². The van der Waals surface area contributed by atoms with Gasteiger partial charge in [-0.2, -0.15) is 0 Å². The molecule has 0 atom stereocenters. The number of nitrogens with one attached hydrogen (secondary N) is 1. The van der Waals surface area contributed by atoms with Gasteiger partial charge in [-0.15, -0.1) is 0 Å². The molecular weight excluding hydrogens is 258 g/mol. The van der Waals surface area contributed by atoms with Crippen LogP contribution in [0.2, 0.25) is 0 Å². The van der Waals surface area contributed by atoms with E-state index in [9.17, 15) is 9.90 Å². The Kier molecular flexibility index (Phi) is 5.38. The van der Waals surface area contributed by atoms with Gasteiger partial charge >= 0.3 is 6.09 Å². The first kappa shape index (κ1) is 14.8. The summed E-state index contributed by atoms with van der Waals surface area (Å²) in [6.45, 7) is 1.82. The molecule has 20 heavy (non-hydrogen) atoms. The molecule has 0 aromatic heterocycles. The first-order chi connectivity index (χ1) is 9.68. The summed E-state index contributed by atoms with van der Waals surface area (Å²) < 4.78 is 10.3. The van der Waals surface area contributed by atoms with Crippen LogP contribution in [0.25, 0.3) is 0 Å². The van der Waals surface area contributed by atoms with Crippen molar-refractivity contribution < 1.29 is 19.4 Å². The summed E-state index contributed by atoms with van der Waals surface area (Å²) in [5.74, 6) is 0. The second-order valence-corrected chi connectivity index (χ2v) is 5.08. The van der Waals surface area contributed by atoms with Gasteiger partial charge in [0.15, 0.2) is 0 Å². The van der Waals surface area contributed by atoms with Crippen molar-refractivity contribution in [3.8, 4) is 0 Å². The van der Waals surface area contributed by atoms with Gasteiger partial charge in [-0.3, -0.25) is 0 Å². The summed E-state index contributed by atoms with van der Waals surface area (Å²) in [4.78, 5) is 11.5. The van der Waals surface area contributed by atoms with Gasteiger partial charge in [0.1, 0.15) is 6.61 Å². The Morgan fingerprint density at radius 3 is 2.70 bits per heavy atom. The molecule has 110 valence electrons. The molecule has 0 spiro atoms. The molecule has 1 aromatic carbocycles. The number of hydrogen-bond donors (Lipinski definition) is 2. The van der Waals surface area contributed by atoms with E-state index in [2.05, 4.69) is 5.32 Å². The molecule has 0 aliphatic carbocycles. The minimum Gasteiger partial charge on any atom is -0.445 e. The maximum atomic E-state index is 11.5. The number of amides is 1. The Bertz CT molecular complexity index is 415. The predicted octanol–water partition coefficient (Wildman–Crippen LogP) is 1.84. The highest BCUT2D eigenvalue weighted by atomic mass is 16.5. The van der Waals surface area contributed by atoms with E-state index < -0.39 is 11.7 Å². The predicted molar refractivity (Wildman–Crippen MR) is 74.2 cm³/mol. The normalized spacial score (nSPS) is 17.4. The molecule has 2 rings (SSSR count). The summed E-state index contributed by atoms with van der Waals surface area (Å²) in [6.07, 6.45) is 1.31. The Labute approximate surface area is 118 Å². The van der Waals surface area contributed by atoms with Crippen molar-refractivity contribution in [1.29, 1.82) is 0 Å². The highest BCUT2D eigenvalue weighted by molar-refractivity contribution is 5.67. The van der Waals surface area contributed by atoms with E-state index in [0.717, 1.165) is 5.56 Å². The monoisotopic (exact) mass is 279 g/mol. The Balaban J connectivity index is 1.63. The van der Waals surface area contributed by atoms with Gasteiger partial charge in [-0.25, -0.2) is 4.79 Å². The molecule has 1 amide bonds. The second kappa shape index (κ2) is 7.26. The first-order valence-corrected chi connectivity index (χ1v) is 6.93. The van der Waals surface area contributed by atoms with Crippen molar-refractivity contribution in [3.63, 3.8) is 0 Å². The summed E-state index contributed by atoms with van der Waals surface area (Å²) in [6, 6.07) is 9.52. The van der Waals surface area contributed by atoms with E-state index >= 15 is 0 Å². The fourth-order valence-corrected chi connectivity index (χ4v) is 2.17. The molecule has 5 heteroatoms. The number of benzene rings is 1. The van der Waals surface area contributed by atoms with Gasteiger partial charge in [0.2, 0.25) is 0 Å². The lowest BCUT2D eigenvalue weighted by Crippen LogP contribution is -2.39. The number of carbonyl (C=O) groups is 1. The summed E-state index contributed by atoms with van der Waals surface area (Å²) >= 11 is 0. The Hall–Kier alpha value is -1.59. The maximum absolute atomic E-state index is 11.5. The van der Waals surface area contributed by atoms with Gasteiger partial charge in [-0.1, -0.05) is 30.3 Å². The third-order valence-electron chi connectivity index (χ3n) is 3.50. The highest BCUT2D eigenvalue weighted by Crippen LogP contribution is 2.23. The van der Waals surface area contributed by atoms with E-state index in [1.165, 1.54) is 0 Å². The van der Waals surface area contributed by atoms with Crippen molar-refractivity contribution in [2.45, 2.75) is 31.5 Å². The van der Waals surface area contributed by atoms with Crippen LogP contribution in [0.15, 0.2) is 30.3 Å². The van der Waals surface area contributed by atoms with E-state index in [-0.39, 0.29) is 6.61 Å². The number of carbonyl (C=O) groups excluding carboxylic acids is 1. The Morgan fingerprint density at radius 2 is 2.00 bits per heavy atom. The van der Waals surface area contributed by atoms with Gasteiger partial charge in [0.05, 0.1) is 5.60 Å². The molecule has 0 radical (unpaired) electrons. The van der Waals surface area contributed by atoms with Crippen LogP contribution in [-0.2, 0) is 16.1 Å². The van der Waals surface area contributed by atoms with Crippen LogP contribution in [0, 0.1) is 0 Å². The number of alkyl carbamates (subject to hydrolysis) is 1. The SMILES string of the molecule is O=C(NCCC1(O)CCOCC1)OCc1ccccc1. The number of aliphatic hydroxyl groups is 1. The number of ether oxygens (including phenoxy) is 2. The maximum Gasteiger partial charge on any atom is 0.407 e. The summed E-state index contributed by atoms with van der Waals surface area (Å²) in [5, 5.41) is 12.9. The van der Waals surface area contributed by atoms with Crippen LogP contribution >= 0.6 is 0 Å². The molecular formula is C15H21NO4. The molecule has 0 saturated carbocycles. The molecule has 1 aliphatic rings. The van der Waals surface area contributed by atoms with Gasteiger partial charge < -0.3 is 19.9 Å². The lowest BCUT2D eigenvalue weighted by atomic mass is 9.91. The molecule has 1 saturated heterocycles. The molecule has 1 aromatic rings. The fourth-order valence-electron chi connectivity index (χ4n) is 2.17. The minimum atomic E-state index is -0.717. The van der Waals surface area contributed by atoms with Gasteiger partial charge in [0, 0.05) is 19.8 Å². The minimum absolute atomic E-state index is 0.255. The van der Waals surface area contributed by atoms with Gasteiger partial charge in [-0.05, 0) is 24.8 Å². The van der Waals surface area contributed by atoms with Gasteiger partial charge in [0.25, 0.3) is 0 Å². The van der Waals surface area contributed by atoms with E-state index in [0.29, 0.717) is 39.0 Å². The lowest BCUT2D eigenvalue weighted by molar-refractivity contribution is -0.0671. The third-order valence-corrected chi connectivity index (χ3v) is 3.50. The average Bonchev–Trinajstić information content (AvgIpc) is 2.47. The molecule has 1 fully saturated rings. The first-order valence-electron chi connectivity index (χ1n) is 6.93. The molecule has 2 N–H and O–H groups in total. The molecule has 0 unspecified atom stereocenters. The van der Waals surface area contributed by atoms with Crippen molar-refractivity contribution in [3.05, 3.63) is 35.9 Å². The summed E-state index contributed by atoms with van der Waals surface area (Å²) in [5.41, 5.74) is 0.232. The van der Waals surface area contributed by atoms with Crippen LogP contribution < -0.4 is 5.32 Å². The van der Waals surface area contributed by atoms with Crippen LogP contribution in [-0.4, -0.2) is 36.6 Å². The zero-order valence-electron chi connectivity index (χ0n) is 11.5. The Morgan fingerprint density at radius 1 is 1.30 bits per heavy atom. The van der Waals surface area contributed by atoms with Crippen LogP contribution in [0.1, 0.15) is 24.8 Å². The number of hydrogen-bond acceptors (Lipinski definition) is 4. The van der Waals surface area contributed by atoms with Crippen molar-refractivity contribution in [2.24, 2.45) is 0 Å². The van der Waals surface area contributed by atoms with E-state index in [1.54, 1.807) is 0 Å². The zero-order valence-corrected chi connectivity index (χ0v) is 11.5. The zero-order chi connectivity index (χ0) is 14.3. The lowest BCUT2D eigenvalue weighted by Gasteiger charge is -2.31. The van der Waals surface area contributed by atoms with E-state index in [4.69, 9.17) is 9.47 Å². The summed E-state index contributed by atoms with van der Waals surface area (Å²) in [7, 11) is 0. The highest BCUT2D eigenvalue weighted by Gasteiger charge is 2.29. The standard InChI is InChI=1S/C15H21NO4/c17-14(20-12-13-4-2-1-3-5-13)16-9-6-15(18)7-10-19-11-8-15/h1-5,18H,6-12H2,(H,16,17). The number of rotatable bonds is 5. The molecule has 0 bridgehead atoms. The molecule has 1 heterocycles. The van der Waals surface area contributed by atoms with Crippen LogP contribution in [0.5, 0.6) is 0 Å². The third kappa shape index (κ3) is 4.83. The largest absolute Gasteiger partial charge is 0.445 e. The molecule has 1 aliphatic heterocycles. The van der Waals surface area contributed by atoms with Crippen LogP contribution in [0.3, 0.4) is 0 Å². The van der Waals surface area contributed by atoms with E-state index in [1.807, 2.05) is 30.3 Å². The van der Waals surface area contributed by atoms with Crippen molar-refractivity contribution >= 4 is 6.09 Å². The van der Waals surface area contributed by atoms with Crippen molar-refractivity contribution in [1.82, 2.24) is 5.32 Å². The van der Waals surface area contributed by atoms with Crippen molar-refractivity contribution in [2.75, 3.05) is 19.8 Å². The second-order valence-electron chi connectivity index (χ2n) is 5.08.